The summed E-state index contributed by atoms with van der Waals surface area (Å²) in [4.78, 5) is 54.9. The van der Waals surface area contributed by atoms with Crippen LogP contribution in [0.5, 0.6) is 0 Å². The van der Waals surface area contributed by atoms with Crippen molar-refractivity contribution in [1.29, 1.82) is 0 Å². The van der Waals surface area contributed by atoms with Crippen molar-refractivity contribution >= 4 is 29.5 Å². The highest BCUT2D eigenvalue weighted by Gasteiger charge is 2.32. The summed E-state index contributed by atoms with van der Waals surface area (Å²) >= 11 is 0. The zero-order valence-corrected chi connectivity index (χ0v) is 22.3. The molecule has 4 rings (SSSR count). The largest absolute Gasteiger partial charge is 0.433 e. The molecule has 0 aliphatic carbocycles. The molecular formula is C25H24F3N9O4. The minimum atomic E-state index is -4.59. The Bertz CT molecular complexity index is 1810. The topological polar surface area (TPSA) is 155 Å². The lowest BCUT2D eigenvalue weighted by Gasteiger charge is -2.15. The molecule has 0 bridgehead atoms. The van der Waals surface area contributed by atoms with E-state index in [4.69, 9.17) is 4.52 Å². The number of imidazole rings is 1. The molecule has 0 saturated heterocycles. The standard InChI is InChI=1S/C25H24F3N9O4/c1-13-8-17(34-41-13)11-36-23(39)20-21(35(5)24(36)40)31-12-37(20)15(3)22(38)33-19(10-29-4)32-14(2)16-6-7-18(30-9-16)25(26,27)28/h6-10,12,15H,4,11H2,1-3,5H3,(H,33,38)/b19-10+,32-14?/t15-/m0/s1. The van der Waals surface area contributed by atoms with E-state index in [1.807, 2.05) is 0 Å². The molecule has 13 nitrogen and oxygen atoms in total. The lowest BCUT2D eigenvalue weighted by molar-refractivity contribution is -0.141. The van der Waals surface area contributed by atoms with Crippen molar-refractivity contribution in [2.75, 3.05) is 0 Å². The van der Waals surface area contributed by atoms with Gasteiger partial charge in [-0.2, -0.15) is 13.2 Å². The predicted octanol–water partition coefficient (Wildman–Crippen LogP) is 2.34. The van der Waals surface area contributed by atoms with E-state index >= 15 is 0 Å². The average Bonchev–Trinajstić information content (AvgIpc) is 3.55. The van der Waals surface area contributed by atoms with Gasteiger partial charge in [0.15, 0.2) is 17.0 Å². The van der Waals surface area contributed by atoms with Gasteiger partial charge in [-0.3, -0.25) is 28.7 Å². The number of aromatic nitrogens is 6. The zero-order chi connectivity index (χ0) is 30.1. The highest BCUT2D eigenvalue weighted by Crippen LogP contribution is 2.27. The molecule has 0 aromatic carbocycles. The molecule has 4 aromatic heterocycles. The Balaban J connectivity index is 1.63. The fourth-order valence-corrected chi connectivity index (χ4v) is 3.93. The molecule has 0 fully saturated rings. The number of rotatable bonds is 8. The molecular weight excluding hydrogens is 547 g/mol. The molecule has 0 aliphatic rings. The van der Waals surface area contributed by atoms with E-state index in [0.29, 0.717) is 11.5 Å². The maximum Gasteiger partial charge on any atom is 0.433 e. The molecule has 4 aromatic rings. The third-order valence-electron chi connectivity index (χ3n) is 6.08. The van der Waals surface area contributed by atoms with Crippen LogP contribution in [-0.4, -0.2) is 47.2 Å². The zero-order valence-electron chi connectivity index (χ0n) is 22.3. The van der Waals surface area contributed by atoms with Crippen molar-refractivity contribution in [1.82, 2.24) is 34.1 Å². The van der Waals surface area contributed by atoms with E-state index in [1.54, 1.807) is 13.0 Å². The van der Waals surface area contributed by atoms with Crippen molar-refractivity contribution in [2.45, 2.75) is 39.5 Å². The normalized spacial score (nSPS) is 13.4. The summed E-state index contributed by atoms with van der Waals surface area (Å²) in [5.41, 5.74) is -1.43. The van der Waals surface area contributed by atoms with Crippen molar-refractivity contribution in [3.63, 3.8) is 0 Å². The van der Waals surface area contributed by atoms with Crippen molar-refractivity contribution in [3.8, 4) is 0 Å². The van der Waals surface area contributed by atoms with Crippen molar-refractivity contribution < 1.29 is 22.5 Å². The van der Waals surface area contributed by atoms with Crippen LogP contribution in [0.4, 0.5) is 13.2 Å². The van der Waals surface area contributed by atoms with Gasteiger partial charge < -0.3 is 14.4 Å². The molecule has 1 N–H and O–H groups in total. The first-order valence-electron chi connectivity index (χ1n) is 12.0. The first kappa shape index (κ1) is 28.8. The van der Waals surface area contributed by atoms with Gasteiger partial charge in [0.1, 0.15) is 23.2 Å². The van der Waals surface area contributed by atoms with Gasteiger partial charge >= 0.3 is 11.9 Å². The number of hydrogen-bond acceptors (Lipinski definition) is 9. The second-order valence-electron chi connectivity index (χ2n) is 8.98. The van der Waals surface area contributed by atoms with E-state index < -0.39 is 35.1 Å². The van der Waals surface area contributed by atoms with Gasteiger partial charge in [-0.25, -0.2) is 14.8 Å². The Kier molecular flexibility index (Phi) is 7.84. The van der Waals surface area contributed by atoms with Crippen molar-refractivity contribution in [3.05, 3.63) is 86.3 Å². The number of halogens is 3. The Morgan fingerprint density at radius 2 is 2.00 bits per heavy atom. The maximum absolute atomic E-state index is 13.4. The van der Waals surface area contributed by atoms with Crippen LogP contribution < -0.4 is 16.6 Å². The number of nitrogens with zero attached hydrogens (tertiary/aromatic N) is 8. The summed E-state index contributed by atoms with van der Waals surface area (Å²) in [5, 5.41) is 6.39. The highest BCUT2D eigenvalue weighted by atomic mass is 19.4. The van der Waals surface area contributed by atoms with Gasteiger partial charge in [0.25, 0.3) is 5.56 Å². The first-order valence-corrected chi connectivity index (χ1v) is 12.0. The van der Waals surface area contributed by atoms with Crippen LogP contribution in [0.2, 0.25) is 0 Å². The Morgan fingerprint density at radius 1 is 1.27 bits per heavy atom. The number of carbonyl (C=O) groups excluding carboxylic acids is 1. The lowest BCUT2D eigenvalue weighted by atomic mass is 10.2. The number of aliphatic imine (C=N–C) groups is 2. The molecule has 4 heterocycles. The average molecular weight is 572 g/mol. The molecule has 0 radical (unpaired) electrons. The molecule has 41 heavy (non-hydrogen) atoms. The molecule has 0 aliphatic heterocycles. The third-order valence-corrected chi connectivity index (χ3v) is 6.08. The van der Waals surface area contributed by atoms with Gasteiger partial charge in [-0.1, -0.05) is 5.16 Å². The minimum absolute atomic E-state index is 0.00199. The molecule has 1 atom stereocenters. The fourth-order valence-electron chi connectivity index (χ4n) is 3.93. The second-order valence-corrected chi connectivity index (χ2v) is 8.98. The summed E-state index contributed by atoms with van der Waals surface area (Å²) < 4.78 is 47.0. The number of nitrogens with one attached hydrogen (secondary N) is 1. The van der Waals surface area contributed by atoms with E-state index in [0.717, 1.165) is 23.0 Å². The van der Waals surface area contributed by atoms with Crippen LogP contribution in [0.1, 0.15) is 42.6 Å². The molecule has 16 heteroatoms. The molecule has 0 saturated carbocycles. The summed E-state index contributed by atoms with van der Waals surface area (Å²) in [6, 6.07) is 2.59. The number of hydrogen-bond donors (Lipinski definition) is 1. The van der Waals surface area contributed by atoms with Crippen LogP contribution in [0.25, 0.3) is 11.2 Å². The van der Waals surface area contributed by atoms with E-state index in [-0.39, 0.29) is 34.8 Å². The molecule has 0 unspecified atom stereocenters. The number of fused-ring (bicyclic) bond motifs is 1. The monoisotopic (exact) mass is 571 g/mol. The Morgan fingerprint density at radius 3 is 2.59 bits per heavy atom. The Labute approximate surface area is 229 Å². The smallest absolute Gasteiger partial charge is 0.361 e. The third kappa shape index (κ3) is 5.90. The fraction of sp³-hybridized carbons (Fsp3) is 0.280. The van der Waals surface area contributed by atoms with E-state index in [2.05, 4.69) is 37.1 Å². The quantitative estimate of drug-likeness (QED) is 0.318. The number of carbonyl (C=O) groups is 1. The van der Waals surface area contributed by atoms with E-state index in [1.165, 1.54) is 42.4 Å². The predicted molar refractivity (Wildman–Crippen MR) is 142 cm³/mol. The van der Waals surface area contributed by atoms with Crippen LogP contribution in [-0.2, 0) is 24.6 Å². The molecule has 1 amide bonds. The number of pyridine rings is 1. The summed E-state index contributed by atoms with van der Waals surface area (Å²) in [6.07, 6.45) is -1.17. The molecule has 0 spiro atoms. The van der Waals surface area contributed by atoms with Gasteiger partial charge in [0.2, 0.25) is 5.91 Å². The van der Waals surface area contributed by atoms with E-state index in [9.17, 15) is 27.6 Å². The number of aryl methyl sites for hydroxylation is 2. The van der Waals surface area contributed by atoms with Gasteiger partial charge in [-0.05, 0) is 39.6 Å². The SMILES string of the molecule is C=N/C=C(\N=C(C)c1ccc(C(F)(F)F)nc1)NC(=O)[C@H](C)n1cnc2c1c(=O)n(Cc1cc(C)on1)c(=O)n2C. The van der Waals surface area contributed by atoms with Gasteiger partial charge in [0, 0.05) is 30.6 Å². The number of alkyl halides is 3. The first-order chi connectivity index (χ1) is 19.3. The Hall–Kier alpha value is -5.15. The number of amides is 1. The van der Waals surface area contributed by atoms with Gasteiger partial charge in [-0.15, -0.1) is 0 Å². The maximum atomic E-state index is 13.4. The van der Waals surface area contributed by atoms with Crippen LogP contribution in [0.3, 0.4) is 0 Å². The van der Waals surface area contributed by atoms with Crippen LogP contribution in [0, 0.1) is 6.92 Å². The van der Waals surface area contributed by atoms with Crippen LogP contribution >= 0.6 is 0 Å². The summed E-state index contributed by atoms with van der Waals surface area (Å²) in [6.45, 7) is 7.88. The van der Waals surface area contributed by atoms with Crippen LogP contribution in [0.15, 0.2) is 66.8 Å². The van der Waals surface area contributed by atoms with Gasteiger partial charge in [0.05, 0.1) is 19.1 Å². The summed E-state index contributed by atoms with van der Waals surface area (Å²) in [5.74, 6) is -0.190. The summed E-state index contributed by atoms with van der Waals surface area (Å²) in [7, 11) is 1.45. The minimum Gasteiger partial charge on any atom is -0.361 e. The lowest BCUT2D eigenvalue weighted by Crippen LogP contribution is -2.40. The second kappa shape index (κ2) is 11.1. The highest BCUT2D eigenvalue weighted by molar-refractivity contribution is 5.99. The molecule has 214 valence electrons. The van der Waals surface area contributed by atoms with Crippen molar-refractivity contribution in [2.24, 2.45) is 17.0 Å².